The molecule has 0 amide bonds. The second kappa shape index (κ2) is 11.0. The van der Waals surface area contributed by atoms with Crippen LogP contribution in [0.2, 0.25) is 0 Å². The van der Waals surface area contributed by atoms with E-state index in [1.54, 1.807) is 0 Å². The number of fused-ring (bicyclic) bond motifs is 1. The summed E-state index contributed by atoms with van der Waals surface area (Å²) in [5.41, 5.74) is 8.64. The molecule has 0 spiro atoms. The van der Waals surface area contributed by atoms with Gasteiger partial charge in [-0.15, -0.1) is 0 Å². The van der Waals surface area contributed by atoms with E-state index in [9.17, 15) is 0 Å². The predicted octanol–water partition coefficient (Wildman–Crippen LogP) is 8.33. The number of hydrogen-bond donors (Lipinski definition) is 0. The molecule has 0 fully saturated rings. The van der Waals surface area contributed by atoms with Crippen molar-refractivity contribution in [2.45, 2.75) is 27.0 Å². The largest absolute Gasteiger partial charge is 0.493 e. The molecule has 0 aliphatic heterocycles. The van der Waals surface area contributed by atoms with Crippen molar-refractivity contribution < 1.29 is 9.47 Å². The van der Waals surface area contributed by atoms with Gasteiger partial charge in [0.15, 0.2) is 0 Å². The number of aromatic nitrogens is 1. The molecule has 5 aromatic rings. The van der Waals surface area contributed by atoms with Crippen LogP contribution in [0.25, 0.3) is 22.2 Å². The first kappa shape index (κ1) is 24.2. The van der Waals surface area contributed by atoms with E-state index in [0.29, 0.717) is 13.2 Å². The Kier molecular flexibility index (Phi) is 7.43. The van der Waals surface area contributed by atoms with Gasteiger partial charge in [-0.25, -0.2) is 0 Å². The van der Waals surface area contributed by atoms with Gasteiger partial charge in [-0.05, 0) is 84.6 Å². The third kappa shape index (κ3) is 5.34. The van der Waals surface area contributed by atoms with Crippen molar-refractivity contribution in [3.05, 3.63) is 119 Å². The number of rotatable bonds is 9. The minimum absolute atomic E-state index is 0.564. The highest BCUT2D eigenvalue weighted by Crippen LogP contribution is 2.35. The van der Waals surface area contributed by atoms with Gasteiger partial charge in [-0.1, -0.05) is 70.0 Å². The maximum Gasteiger partial charge on any atom is 0.119 e. The zero-order chi connectivity index (χ0) is 24.9. The van der Waals surface area contributed by atoms with Crippen LogP contribution < -0.4 is 9.47 Å². The summed E-state index contributed by atoms with van der Waals surface area (Å²) in [5, 5.41) is 2.12. The number of aryl methyl sites for hydroxylation is 2. The van der Waals surface area contributed by atoms with Crippen LogP contribution in [-0.4, -0.2) is 16.5 Å². The molecule has 1 aromatic heterocycles. The smallest absolute Gasteiger partial charge is 0.119 e. The van der Waals surface area contributed by atoms with E-state index in [2.05, 4.69) is 113 Å². The Bertz CT molecular complexity index is 1440. The highest BCUT2D eigenvalue weighted by atomic mass is 79.9. The molecule has 0 saturated carbocycles. The predicted molar refractivity (Wildman–Crippen MR) is 152 cm³/mol. The summed E-state index contributed by atoms with van der Waals surface area (Å²) in [5.74, 6) is 1.77. The summed E-state index contributed by atoms with van der Waals surface area (Å²) in [7, 11) is 0. The molecular formula is C32H30BrNO2. The first-order chi connectivity index (χ1) is 17.6. The second-order valence-electron chi connectivity index (χ2n) is 9.06. The monoisotopic (exact) mass is 539 g/mol. The number of ether oxygens (including phenoxy) is 2. The zero-order valence-corrected chi connectivity index (χ0v) is 22.3. The molecular weight excluding hydrogens is 510 g/mol. The molecule has 0 unspecified atom stereocenters. The summed E-state index contributed by atoms with van der Waals surface area (Å²) in [6.45, 7) is 6.39. The number of halogens is 1. The lowest BCUT2D eigenvalue weighted by Gasteiger charge is -2.14. The molecule has 3 nitrogen and oxygen atoms in total. The van der Waals surface area contributed by atoms with E-state index in [4.69, 9.17) is 9.47 Å². The maximum absolute atomic E-state index is 6.03. The number of alkyl halides is 1. The standard InChI is InChI=1S/C32H30BrNO2/c1-23-8-17-31-30(20-23)24(2)32(34(31)21-25-9-13-28(14-10-25)35-19-18-33)27-11-15-29(16-12-27)36-22-26-6-4-3-5-7-26/h3-17,20H,18-19,21-22H2,1-2H3. The Morgan fingerprint density at radius 3 is 2.14 bits per heavy atom. The molecule has 0 aliphatic rings. The zero-order valence-electron chi connectivity index (χ0n) is 20.7. The maximum atomic E-state index is 6.03. The fraction of sp³-hybridized carbons (Fsp3) is 0.188. The van der Waals surface area contributed by atoms with Crippen molar-refractivity contribution in [2.24, 2.45) is 0 Å². The Labute approximate surface area is 221 Å². The highest BCUT2D eigenvalue weighted by molar-refractivity contribution is 9.09. The molecule has 0 bridgehead atoms. The van der Waals surface area contributed by atoms with Crippen LogP contribution in [-0.2, 0) is 13.2 Å². The normalized spacial score (nSPS) is 11.1. The quantitative estimate of drug-likeness (QED) is 0.176. The van der Waals surface area contributed by atoms with Crippen molar-refractivity contribution >= 4 is 26.8 Å². The molecule has 0 saturated heterocycles. The second-order valence-corrected chi connectivity index (χ2v) is 9.85. The summed E-state index contributed by atoms with van der Waals surface area (Å²) in [6, 6.07) is 33.9. The van der Waals surface area contributed by atoms with E-state index in [1.165, 1.54) is 38.9 Å². The van der Waals surface area contributed by atoms with Gasteiger partial charge in [0, 0.05) is 22.8 Å². The summed E-state index contributed by atoms with van der Waals surface area (Å²) >= 11 is 3.41. The lowest BCUT2D eigenvalue weighted by molar-refractivity contribution is 0.306. The Hall–Kier alpha value is -3.50. The fourth-order valence-corrected chi connectivity index (χ4v) is 4.81. The topological polar surface area (TPSA) is 23.4 Å². The van der Waals surface area contributed by atoms with Crippen molar-refractivity contribution in [1.29, 1.82) is 0 Å². The molecule has 0 aliphatic carbocycles. The van der Waals surface area contributed by atoms with E-state index < -0.39 is 0 Å². The Morgan fingerprint density at radius 2 is 1.42 bits per heavy atom. The number of benzene rings is 4. The van der Waals surface area contributed by atoms with Gasteiger partial charge in [0.1, 0.15) is 18.1 Å². The number of hydrogen-bond acceptors (Lipinski definition) is 2. The minimum atomic E-state index is 0.564. The van der Waals surface area contributed by atoms with Crippen molar-refractivity contribution in [3.63, 3.8) is 0 Å². The minimum Gasteiger partial charge on any atom is -0.493 e. The Balaban J connectivity index is 1.46. The van der Waals surface area contributed by atoms with Crippen LogP contribution in [0.3, 0.4) is 0 Å². The van der Waals surface area contributed by atoms with E-state index in [0.717, 1.165) is 28.9 Å². The van der Waals surface area contributed by atoms with Gasteiger partial charge in [-0.2, -0.15) is 0 Å². The van der Waals surface area contributed by atoms with E-state index >= 15 is 0 Å². The van der Waals surface area contributed by atoms with Crippen LogP contribution in [0.5, 0.6) is 11.5 Å². The highest BCUT2D eigenvalue weighted by Gasteiger charge is 2.16. The van der Waals surface area contributed by atoms with Crippen LogP contribution in [0.4, 0.5) is 0 Å². The molecule has 5 rings (SSSR count). The molecule has 4 aromatic carbocycles. The van der Waals surface area contributed by atoms with Gasteiger partial charge in [0.05, 0.1) is 12.3 Å². The molecule has 0 N–H and O–H groups in total. The Morgan fingerprint density at radius 1 is 0.722 bits per heavy atom. The first-order valence-corrected chi connectivity index (χ1v) is 13.4. The van der Waals surface area contributed by atoms with Gasteiger partial charge in [0.2, 0.25) is 0 Å². The van der Waals surface area contributed by atoms with Crippen molar-refractivity contribution in [2.75, 3.05) is 11.9 Å². The van der Waals surface area contributed by atoms with Crippen LogP contribution in [0, 0.1) is 13.8 Å². The molecule has 0 atom stereocenters. The first-order valence-electron chi connectivity index (χ1n) is 12.3. The van der Waals surface area contributed by atoms with E-state index in [1.807, 2.05) is 18.2 Å². The molecule has 0 radical (unpaired) electrons. The van der Waals surface area contributed by atoms with Gasteiger partial charge in [0.25, 0.3) is 0 Å². The third-order valence-corrected chi connectivity index (χ3v) is 6.78. The van der Waals surface area contributed by atoms with E-state index in [-0.39, 0.29) is 0 Å². The lowest BCUT2D eigenvalue weighted by Crippen LogP contribution is -2.03. The number of nitrogens with zero attached hydrogens (tertiary/aromatic N) is 1. The van der Waals surface area contributed by atoms with Gasteiger partial charge >= 0.3 is 0 Å². The molecule has 1 heterocycles. The van der Waals surface area contributed by atoms with Crippen LogP contribution >= 0.6 is 15.9 Å². The summed E-state index contributed by atoms with van der Waals surface area (Å²) in [6.07, 6.45) is 0. The SMILES string of the molecule is Cc1ccc2c(c1)c(C)c(-c1ccc(OCc3ccccc3)cc1)n2Cc1ccc(OCCBr)cc1. The lowest BCUT2D eigenvalue weighted by atomic mass is 10.1. The van der Waals surface area contributed by atoms with Gasteiger partial charge in [-0.3, -0.25) is 0 Å². The van der Waals surface area contributed by atoms with Gasteiger partial charge < -0.3 is 14.0 Å². The molecule has 4 heteroatoms. The van der Waals surface area contributed by atoms with Crippen LogP contribution in [0.1, 0.15) is 22.3 Å². The van der Waals surface area contributed by atoms with Crippen molar-refractivity contribution in [3.8, 4) is 22.8 Å². The average Bonchev–Trinajstić information content (AvgIpc) is 3.18. The van der Waals surface area contributed by atoms with Crippen LogP contribution in [0.15, 0.2) is 97.1 Å². The average molecular weight is 541 g/mol. The molecule has 182 valence electrons. The fourth-order valence-electron chi connectivity index (χ4n) is 4.65. The summed E-state index contributed by atoms with van der Waals surface area (Å²) in [4.78, 5) is 0. The van der Waals surface area contributed by atoms with Crippen molar-refractivity contribution in [1.82, 2.24) is 4.57 Å². The molecule has 36 heavy (non-hydrogen) atoms. The summed E-state index contributed by atoms with van der Waals surface area (Å²) < 4.78 is 14.2. The third-order valence-electron chi connectivity index (χ3n) is 6.46.